The summed E-state index contributed by atoms with van der Waals surface area (Å²) in [5, 5.41) is 3.53. The van der Waals surface area contributed by atoms with E-state index < -0.39 is 0 Å². The SMILES string of the molecule is Cc1cc(C)c(N2C(C)CNCC2(C)C)c(C)c1. The van der Waals surface area contributed by atoms with Gasteiger partial charge < -0.3 is 10.2 Å². The number of nitrogens with zero attached hydrogens (tertiary/aromatic N) is 1. The van der Waals surface area contributed by atoms with Gasteiger partial charge in [0.1, 0.15) is 0 Å². The first-order valence-corrected chi connectivity index (χ1v) is 6.91. The van der Waals surface area contributed by atoms with E-state index >= 15 is 0 Å². The maximum absolute atomic E-state index is 3.53. The lowest BCUT2D eigenvalue weighted by Crippen LogP contribution is -2.62. The molecule has 0 aromatic heterocycles. The van der Waals surface area contributed by atoms with Crippen LogP contribution in [0.25, 0.3) is 0 Å². The van der Waals surface area contributed by atoms with Gasteiger partial charge in [-0.2, -0.15) is 0 Å². The summed E-state index contributed by atoms with van der Waals surface area (Å²) in [4.78, 5) is 2.60. The third-order valence-electron chi connectivity index (χ3n) is 3.97. The molecular weight excluding hydrogens is 220 g/mol. The fourth-order valence-electron chi connectivity index (χ4n) is 3.44. The molecule has 1 aliphatic heterocycles. The highest BCUT2D eigenvalue weighted by atomic mass is 15.3. The fourth-order valence-corrected chi connectivity index (χ4v) is 3.44. The summed E-state index contributed by atoms with van der Waals surface area (Å²) < 4.78 is 0. The standard InChI is InChI=1S/C16H26N2/c1-11-7-12(2)15(13(3)8-11)18-14(4)9-17-10-16(18,5)6/h7-8,14,17H,9-10H2,1-6H3. The Morgan fingerprint density at radius 2 is 1.72 bits per heavy atom. The molecule has 1 saturated heterocycles. The third-order valence-corrected chi connectivity index (χ3v) is 3.97. The number of hydrogen-bond donors (Lipinski definition) is 1. The zero-order chi connectivity index (χ0) is 13.5. The molecule has 0 radical (unpaired) electrons. The molecule has 0 saturated carbocycles. The first-order chi connectivity index (χ1) is 8.33. The first kappa shape index (κ1) is 13.4. The van der Waals surface area contributed by atoms with Crippen LogP contribution >= 0.6 is 0 Å². The minimum atomic E-state index is 0.169. The van der Waals surface area contributed by atoms with Gasteiger partial charge >= 0.3 is 0 Å². The Morgan fingerprint density at radius 1 is 1.17 bits per heavy atom. The Hall–Kier alpha value is -1.02. The van der Waals surface area contributed by atoms with Gasteiger partial charge in [0.15, 0.2) is 0 Å². The molecule has 1 unspecified atom stereocenters. The molecule has 0 spiro atoms. The van der Waals surface area contributed by atoms with Crippen molar-refractivity contribution in [3.8, 4) is 0 Å². The molecule has 1 aromatic carbocycles. The summed E-state index contributed by atoms with van der Waals surface area (Å²) in [5.41, 5.74) is 5.75. The van der Waals surface area contributed by atoms with E-state index in [1.807, 2.05) is 0 Å². The van der Waals surface area contributed by atoms with Crippen molar-refractivity contribution in [3.05, 3.63) is 28.8 Å². The van der Waals surface area contributed by atoms with Gasteiger partial charge in [-0.05, 0) is 52.7 Å². The van der Waals surface area contributed by atoms with E-state index in [0.29, 0.717) is 6.04 Å². The summed E-state index contributed by atoms with van der Waals surface area (Å²) in [6, 6.07) is 5.13. The van der Waals surface area contributed by atoms with Crippen molar-refractivity contribution in [2.75, 3.05) is 18.0 Å². The molecule has 18 heavy (non-hydrogen) atoms. The highest BCUT2D eigenvalue weighted by molar-refractivity contribution is 5.62. The molecule has 1 heterocycles. The van der Waals surface area contributed by atoms with Crippen molar-refractivity contribution >= 4 is 5.69 Å². The smallest absolute Gasteiger partial charge is 0.0474 e. The Morgan fingerprint density at radius 3 is 2.22 bits per heavy atom. The van der Waals surface area contributed by atoms with Gasteiger partial charge in [0, 0.05) is 30.4 Å². The van der Waals surface area contributed by atoms with Crippen LogP contribution in [0.4, 0.5) is 5.69 Å². The van der Waals surface area contributed by atoms with Gasteiger partial charge in [0.25, 0.3) is 0 Å². The van der Waals surface area contributed by atoms with Crippen LogP contribution in [0.5, 0.6) is 0 Å². The predicted octanol–water partition coefficient (Wildman–Crippen LogP) is 3.19. The van der Waals surface area contributed by atoms with E-state index in [0.717, 1.165) is 13.1 Å². The van der Waals surface area contributed by atoms with Crippen LogP contribution in [-0.4, -0.2) is 24.7 Å². The van der Waals surface area contributed by atoms with E-state index in [1.165, 1.54) is 22.4 Å². The minimum Gasteiger partial charge on any atom is -0.361 e. The number of anilines is 1. The van der Waals surface area contributed by atoms with Crippen molar-refractivity contribution in [1.82, 2.24) is 5.32 Å². The minimum absolute atomic E-state index is 0.169. The normalized spacial score (nSPS) is 23.2. The summed E-state index contributed by atoms with van der Waals surface area (Å²) >= 11 is 0. The number of benzene rings is 1. The van der Waals surface area contributed by atoms with E-state index in [4.69, 9.17) is 0 Å². The van der Waals surface area contributed by atoms with Crippen LogP contribution in [0.15, 0.2) is 12.1 Å². The number of hydrogen-bond acceptors (Lipinski definition) is 2. The average molecular weight is 246 g/mol. The molecule has 1 aliphatic rings. The number of nitrogens with one attached hydrogen (secondary N) is 1. The number of rotatable bonds is 1. The second-order valence-corrected chi connectivity index (χ2v) is 6.41. The number of aryl methyl sites for hydroxylation is 3. The fraction of sp³-hybridized carbons (Fsp3) is 0.625. The molecule has 2 rings (SSSR count). The molecule has 0 bridgehead atoms. The average Bonchev–Trinajstić information content (AvgIpc) is 2.20. The number of piperazine rings is 1. The van der Waals surface area contributed by atoms with Crippen molar-refractivity contribution in [2.45, 2.75) is 53.1 Å². The predicted molar refractivity (Wildman–Crippen MR) is 79.5 cm³/mol. The summed E-state index contributed by atoms with van der Waals surface area (Å²) in [6.45, 7) is 15.7. The third kappa shape index (κ3) is 2.26. The first-order valence-electron chi connectivity index (χ1n) is 6.91. The molecule has 1 fully saturated rings. The van der Waals surface area contributed by atoms with Crippen molar-refractivity contribution in [2.24, 2.45) is 0 Å². The maximum Gasteiger partial charge on any atom is 0.0474 e. The summed E-state index contributed by atoms with van der Waals surface area (Å²) in [7, 11) is 0. The van der Waals surface area contributed by atoms with Gasteiger partial charge in [-0.25, -0.2) is 0 Å². The highest BCUT2D eigenvalue weighted by Gasteiger charge is 2.35. The summed E-state index contributed by atoms with van der Waals surface area (Å²) in [5.74, 6) is 0. The van der Waals surface area contributed by atoms with Crippen LogP contribution in [0.1, 0.15) is 37.5 Å². The van der Waals surface area contributed by atoms with Gasteiger partial charge in [-0.3, -0.25) is 0 Å². The van der Waals surface area contributed by atoms with E-state index in [2.05, 4.69) is 63.9 Å². The van der Waals surface area contributed by atoms with Crippen LogP contribution in [-0.2, 0) is 0 Å². The second-order valence-electron chi connectivity index (χ2n) is 6.41. The second kappa shape index (κ2) is 4.58. The summed E-state index contributed by atoms with van der Waals surface area (Å²) in [6.07, 6.45) is 0. The quantitative estimate of drug-likeness (QED) is 0.818. The van der Waals surface area contributed by atoms with Crippen LogP contribution < -0.4 is 10.2 Å². The highest BCUT2D eigenvalue weighted by Crippen LogP contribution is 2.34. The topological polar surface area (TPSA) is 15.3 Å². The van der Waals surface area contributed by atoms with Gasteiger partial charge in [-0.1, -0.05) is 17.7 Å². The van der Waals surface area contributed by atoms with Gasteiger partial charge in [0.05, 0.1) is 0 Å². The Balaban J connectivity index is 2.52. The van der Waals surface area contributed by atoms with Crippen molar-refractivity contribution in [1.29, 1.82) is 0 Å². The zero-order valence-corrected chi connectivity index (χ0v) is 12.6. The Labute approximate surface area is 111 Å². The lowest BCUT2D eigenvalue weighted by atomic mass is 9.92. The largest absolute Gasteiger partial charge is 0.361 e. The van der Waals surface area contributed by atoms with Gasteiger partial charge in [0.2, 0.25) is 0 Å². The van der Waals surface area contributed by atoms with E-state index in [1.54, 1.807) is 0 Å². The van der Waals surface area contributed by atoms with E-state index in [-0.39, 0.29) is 5.54 Å². The monoisotopic (exact) mass is 246 g/mol. The Bertz CT molecular complexity index is 425. The molecule has 100 valence electrons. The molecule has 1 N–H and O–H groups in total. The molecule has 0 amide bonds. The molecule has 2 heteroatoms. The Kier molecular flexibility index (Phi) is 3.41. The zero-order valence-electron chi connectivity index (χ0n) is 12.6. The maximum atomic E-state index is 3.53. The molecule has 1 aromatic rings. The molecule has 0 aliphatic carbocycles. The molecule has 1 atom stereocenters. The lowest BCUT2D eigenvalue weighted by Gasteiger charge is -2.50. The van der Waals surface area contributed by atoms with Crippen molar-refractivity contribution in [3.63, 3.8) is 0 Å². The van der Waals surface area contributed by atoms with Crippen molar-refractivity contribution < 1.29 is 0 Å². The lowest BCUT2D eigenvalue weighted by molar-refractivity contribution is 0.333. The van der Waals surface area contributed by atoms with Crippen LogP contribution in [0, 0.1) is 20.8 Å². The molecule has 2 nitrogen and oxygen atoms in total. The molecular formula is C16H26N2. The van der Waals surface area contributed by atoms with Crippen LogP contribution in [0.3, 0.4) is 0 Å². The van der Waals surface area contributed by atoms with Gasteiger partial charge in [-0.15, -0.1) is 0 Å². The van der Waals surface area contributed by atoms with Crippen LogP contribution in [0.2, 0.25) is 0 Å². The van der Waals surface area contributed by atoms with E-state index in [9.17, 15) is 0 Å².